The third kappa shape index (κ3) is 2.36. The van der Waals surface area contributed by atoms with Crippen LogP contribution >= 0.6 is 31.9 Å². The fraction of sp³-hybridized carbons (Fsp3) is 0.111. The van der Waals surface area contributed by atoms with E-state index in [2.05, 4.69) is 119 Å². The maximum absolute atomic E-state index is 3.69. The van der Waals surface area contributed by atoms with Gasteiger partial charge in [-0.1, -0.05) is 82.1 Å². The van der Waals surface area contributed by atoms with Crippen LogP contribution in [0.15, 0.2) is 81.7 Å². The van der Waals surface area contributed by atoms with Crippen molar-refractivity contribution < 1.29 is 0 Å². The van der Waals surface area contributed by atoms with E-state index in [-0.39, 0.29) is 5.41 Å². The van der Waals surface area contributed by atoms with Crippen LogP contribution < -0.4 is 0 Å². The van der Waals surface area contributed by atoms with E-state index in [0.717, 1.165) is 8.95 Å². The van der Waals surface area contributed by atoms with Gasteiger partial charge in [0.05, 0.1) is 0 Å². The first-order valence-corrected chi connectivity index (χ1v) is 11.4. The maximum atomic E-state index is 3.69. The highest BCUT2D eigenvalue weighted by Gasteiger charge is 2.38. The molecule has 0 unspecified atom stereocenters. The summed E-state index contributed by atoms with van der Waals surface area (Å²) in [7, 11) is 0. The number of halogens is 2. The molecule has 0 heterocycles. The van der Waals surface area contributed by atoms with Gasteiger partial charge in [-0.05, 0) is 91.0 Å². The smallest absolute Gasteiger partial charge is 0.0181 e. The molecule has 0 saturated heterocycles. The zero-order valence-corrected chi connectivity index (χ0v) is 19.4. The lowest BCUT2D eigenvalue weighted by Crippen LogP contribution is -2.15. The number of fused-ring (bicyclic) bond motifs is 9. The summed E-state index contributed by atoms with van der Waals surface area (Å²) in [5.74, 6) is 0. The minimum Gasteiger partial charge on any atom is -0.0616 e. The molecule has 1 aliphatic rings. The van der Waals surface area contributed by atoms with Crippen LogP contribution in [0, 0.1) is 0 Å². The van der Waals surface area contributed by atoms with Crippen LogP contribution in [-0.4, -0.2) is 0 Å². The molecule has 0 N–H and O–H groups in total. The highest BCUT2D eigenvalue weighted by molar-refractivity contribution is 9.10. The van der Waals surface area contributed by atoms with Crippen LogP contribution in [0.1, 0.15) is 25.0 Å². The molecular formula is C27H18Br2. The predicted octanol–water partition coefficient (Wildman–Crippen LogP) is 8.98. The van der Waals surface area contributed by atoms with Crippen molar-refractivity contribution in [3.8, 4) is 11.1 Å². The molecular weight excluding hydrogens is 484 g/mol. The second-order valence-electron chi connectivity index (χ2n) is 8.50. The van der Waals surface area contributed by atoms with E-state index in [4.69, 9.17) is 0 Å². The lowest BCUT2D eigenvalue weighted by atomic mass is 9.79. The van der Waals surface area contributed by atoms with Crippen LogP contribution in [-0.2, 0) is 5.41 Å². The number of hydrogen-bond acceptors (Lipinski definition) is 0. The molecule has 0 nitrogen and oxygen atoms in total. The molecule has 5 aromatic rings. The van der Waals surface area contributed by atoms with Crippen molar-refractivity contribution in [2.75, 3.05) is 0 Å². The molecule has 2 heteroatoms. The van der Waals surface area contributed by atoms with Gasteiger partial charge in [0.15, 0.2) is 0 Å². The third-order valence-electron chi connectivity index (χ3n) is 6.49. The standard InChI is InChI=1S/C27H18Br2/c1-27(2)24-13-16-11-17(28)8-7-15(16)12-23(24)25-20-6-4-3-5-19(20)22-14-18(29)9-10-21(22)26(25)27/h3-14H,1-2H3. The minimum atomic E-state index is -0.0582. The van der Waals surface area contributed by atoms with E-state index in [1.165, 1.54) is 54.6 Å². The third-order valence-corrected chi connectivity index (χ3v) is 7.48. The zero-order chi connectivity index (χ0) is 19.9. The van der Waals surface area contributed by atoms with Crippen LogP contribution in [0.2, 0.25) is 0 Å². The molecule has 0 amide bonds. The molecule has 0 aromatic heterocycles. The SMILES string of the molecule is CC1(C)c2cc3cc(Br)ccc3cc2-c2c1c1ccc(Br)cc1c1ccccc21. The lowest BCUT2D eigenvalue weighted by Gasteiger charge is -2.24. The van der Waals surface area contributed by atoms with E-state index in [9.17, 15) is 0 Å². The van der Waals surface area contributed by atoms with Crippen molar-refractivity contribution in [1.82, 2.24) is 0 Å². The number of hydrogen-bond donors (Lipinski definition) is 0. The van der Waals surface area contributed by atoms with Crippen molar-refractivity contribution >= 4 is 64.2 Å². The Morgan fingerprint density at radius 1 is 0.621 bits per heavy atom. The van der Waals surface area contributed by atoms with Crippen molar-refractivity contribution in [2.24, 2.45) is 0 Å². The Labute approximate surface area is 186 Å². The van der Waals surface area contributed by atoms with Gasteiger partial charge in [0.1, 0.15) is 0 Å². The largest absolute Gasteiger partial charge is 0.0616 e. The van der Waals surface area contributed by atoms with Crippen molar-refractivity contribution in [3.63, 3.8) is 0 Å². The van der Waals surface area contributed by atoms with Gasteiger partial charge in [-0.25, -0.2) is 0 Å². The molecule has 6 rings (SSSR count). The Kier molecular flexibility index (Phi) is 3.62. The van der Waals surface area contributed by atoms with E-state index in [1.807, 2.05) is 0 Å². The molecule has 5 aromatic carbocycles. The van der Waals surface area contributed by atoms with Gasteiger partial charge in [0.25, 0.3) is 0 Å². The Bertz CT molecular complexity index is 1490. The quantitative estimate of drug-likeness (QED) is 0.186. The molecule has 0 atom stereocenters. The van der Waals surface area contributed by atoms with Gasteiger partial charge in [-0.15, -0.1) is 0 Å². The number of rotatable bonds is 0. The molecule has 0 spiro atoms. The molecule has 140 valence electrons. The van der Waals surface area contributed by atoms with Gasteiger partial charge in [-0.3, -0.25) is 0 Å². The Hall–Kier alpha value is -2.16. The summed E-state index contributed by atoms with van der Waals surface area (Å²) in [5.41, 5.74) is 5.58. The Balaban J connectivity index is 1.86. The van der Waals surface area contributed by atoms with Crippen LogP contribution in [0.3, 0.4) is 0 Å². The van der Waals surface area contributed by atoms with Gasteiger partial charge < -0.3 is 0 Å². The number of benzene rings is 5. The molecule has 0 radical (unpaired) electrons. The summed E-state index contributed by atoms with van der Waals surface area (Å²) in [6, 6.07) is 26.9. The molecule has 0 fully saturated rings. The summed E-state index contributed by atoms with van der Waals surface area (Å²) in [6.07, 6.45) is 0. The summed E-state index contributed by atoms with van der Waals surface area (Å²) < 4.78 is 2.25. The van der Waals surface area contributed by atoms with E-state index in [1.54, 1.807) is 0 Å². The van der Waals surface area contributed by atoms with Crippen LogP contribution in [0.4, 0.5) is 0 Å². The normalized spacial score (nSPS) is 14.5. The van der Waals surface area contributed by atoms with Crippen molar-refractivity contribution in [1.29, 1.82) is 0 Å². The molecule has 0 saturated carbocycles. The van der Waals surface area contributed by atoms with Crippen molar-refractivity contribution in [2.45, 2.75) is 19.3 Å². The van der Waals surface area contributed by atoms with E-state index in [0.29, 0.717) is 0 Å². The first kappa shape index (κ1) is 17.7. The first-order valence-electron chi connectivity index (χ1n) is 9.84. The fourth-order valence-electron chi connectivity index (χ4n) is 5.22. The van der Waals surface area contributed by atoms with E-state index >= 15 is 0 Å². The molecule has 0 bridgehead atoms. The molecule has 0 aliphatic heterocycles. The zero-order valence-electron chi connectivity index (χ0n) is 16.2. The molecule has 29 heavy (non-hydrogen) atoms. The predicted molar refractivity (Wildman–Crippen MR) is 132 cm³/mol. The second-order valence-corrected chi connectivity index (χ2v) is 10.3. The van der Waals surface area contributed by atoms with Crippen molar-refractivity contribution in [3.05, 3.63) is 92.9 Å². The van der Waals surface area contributed by atoms with Crippen LogP contribution in [0.5, 0.6) is 0 Å². The van der Waals surface area contributed by atoms with Gasteiger partial charge in [0, 0.05) is 14.4 Å². The first-order chi connectivity index (χ1) is 13.9. The monoisotopic (exact) mass is 500 g/mol. The Morgan fingerprint density at radius 3 is 2.17 bits per heavy atom. The minimum absolute atomic E-state index is 0.0582. The summed E-state index contributed by atoms with van der Waals surface area (Å²) in [5, 5.41) is 7.92. The van der Waals surface area contributed by atoms with Crippen LogP contribution in [0.25, 0.3) is 43.4 Å². The average molecular weight is 502 g/mol. The fourth-order valence-corrected chi connectivity index (χ4v) is 5.96. The summed E-state index contributed by atoms with van der Waals surface area (Å²) in [6.45, 7) is 4.75. The van der Waals surface area contributed by atoms with Gasteiger partial charge >= 0.3 is 0 Å². The highest BCUT2D eigenvalue weighted by Crippen LogP contribution is 2.55. The second kappa shape index (κ2) is 5.93. The maximum Gasteiger partial charge on any atom is 0.0181 e. The van der Waals surface area contributed by atoms with E-state index < -0.39 is 0 Å². The topological polar surface area (TPSA) is 0 Å². The Morgan fingerprint density at radius 2 is 1.34 bits per heavy atom. The lowest BCUT2D eigenvalue weighted by molar-refractivity contribution is 0.667. The van der Waals surface area contributed by atoms with Gasteiger partial charge in [0.2, 0.25) is 0 Å². The summed E-state index contributed by atoms with van der Waals surface area (Å²) >= 11 is 7.32. The average Bonchev–Trinajstić information content (AvgIpc) is 2.94. The summed E-state index contributed by atoms with van der Waals surface area (Å²) in [4.78, 5) is 0. The van der Waals surface area contributed by atoms with Gasteiger partial charge in [-0.2, -0.15) is 0 Å². The molecule has 1 aliphatic carbocycles. The highest BCUT2D eigenvalue weighted by atomic mass is 79.9.